The van der Waals surface area contributed by atoms with E-state index in [-0.39, 0.29) is 0 Å². The molecule has 1 heterocycles. The summed E-state index contributed by atoms with van der Waals surface area (Å²) >= 11 is 0. The van der Waals surface area contributed by atoms with Crippen molar-refractivity contribution in [1.29, 1.82) is 0 Å². The third-order valence-electron chi connectivity index (χ3n) is 2.57. The molecular weight excluding hydrogens is 182 g/mol. The van der Waals surface area contributed by atoms with Gasteiger partial charge < -0.3 is 4.57 Å². The Kier molecular flexibility index (Phi) is 3.06. The molecule has 0 fully saturated rings. The van der Waals surface area contributed by atoms with E-state index >= 15 is 0 Å². The van der Waals surface area contributed by atoms with Crippen LogP contribution in [0, 0.1) is 0 Å². The maximum Gasteiger partial charge on any atom is 0.0480 e. The molecule has 1 heteroatoms. The number of allylic oxidation sites excluding steroid dienone is 1. The molecule has 0 aliphatic rings. The van der Waals surface area contributed by atoms with Crippen LogP contribution in [0.1, 0.15) is 12.8 Å². The summed E-state index contributed by atoms with van der Waals surface area (Å²) in [7, 11) is 0. The molecule has 0 unspecified atom stereocenters. The van der Waals surface area contributed by atoms with E-state index < -0.39 is 0 Å². The van der Waals surface area contributed by atoms with Gasteiger partial charge >= 0.3 is 0 Å². The van der Waals surface area contributed by atoms with Gasteiger partial charge in [0.25, 0.3) is 0 Å². The van der Waals surface area contributed by atoms with Crippen molar-refractivity contribution in [3.05, 3.63) is 54.9 Å². The average Bonchev–Trinajstić information content (AvgIpc) is 2.68. The molecule has 0 saturated heterocycles. The van der Waals surface area contributed by atoms with Gasteiger partial charge in [-0.2, -0.15) is 0 Å². The number of para-hydroxylation sites is 1. The van der Waals surface area contributed by atoms with Crippen molar-refractivity contribution in [2.24, 2.45) is 0 Å². The number of unbranched alkanes of at least 4 members (excludes halogenated alkanes) is 1. The van der Waals surface area contributed by atoms with E-state index in [0.29, 0.717) is 0 Å². The SMILES string of the molecule is C=C=CCCCn1ccc2ccccc21. The standard InChI is InChI=1S/C14H15N/c1-2-3-4-7-11-15-12-10-13-8-5-6-9-14(13)15/h3,5-6,8-10,12H,1,4,7,11H2. The Morgan fingerprint density at radius 1 is 1.27 bits per heavy atom. The number of rotatable bonds is 4. The average molecular weight is 197 g/mol. The van der Waals surface area contributed by atoms with Crippen LogP contribution >= 0.6 is 0 Å². The van der Waals surface area contributed by atoms with E-state index in [1.54, 1.807) is 0 Å². The van der Waals surface area contributed by atoms with Gasteiger partial charge in [-0.15, -0.1) is 5.73 Å². The second kappa shape index (κ2) is 4.68. The van der Waals surface area contributed by atoms with Crippen LogP contribution in [0.2, 0.25) is 0 Å². The number of aryl methyl sites for hydroxylation is 1. The van der Waals surface area contributed by atoms with Gasteiger partial charge in [-0.1, -0.05) is 24.8 Å². The lowest BCUT2D eigenvalue weighted by Gasteiger charge is -2.03. The van der Waals surface area contributed by atoms with E-state index in [9.17, 15) is 0 Å². The second-order valence-corrected chi connectivity index (χ2v) is 3.62. The molecule has 0 radical (unpaired) electrons. The van der Waals surface area contributed by atoms with Crippen LogP contribution < -0.4 is 0 Å². The molecular formula is C14H15N. The first-order valence-corrected chi connectivity index (χ1v) is 5.30. The van der Waals surface area contributed by atoms with E-state index in [1.807, 2.05) is 6.08 Å². The summed E-state index contributed by atoms with van der Waals surface area (Å²) in [5.74, 6) is 0. The van der Waals surface area contributed by atoms with Gasteiger partial charge in [0.1, 0.15) is 0 Å². The van der Waals surface area contributed by atoms with Gasteiger partial charge in [0.15, 0.2) is 0 Å². The van der Waals surface area contributed by atoms with Crippen molar-refractivity contribution < 1.29 is 0 Å². The highest BCUT2D eigenvalue weighted by Gasteiger charge is 1.97. The first-order valence-electron chi connectivity index (χ1n) is 5.30. The van der Waals surface area contributed by atoms with Crippen molar-refractivity contribution in [3.8, 4) is 0 Å². The summed E-state index contributed by atoms with van der Waals surface area (Å²) in [5.41, 5.74) is 4.12. The van der Waals surface area contributed by atoms with E-state index in [1.165, 1.54) is 10.9 Å². The highest BCUT2D eigenvalue weighted by Crippen LogP contribution is 2.15. The predicted octanol–water partition coefficient (Wildman–Crippen LogP) is 3.76. The zero-order valence-electron chi connectivity index (χ0n) is 8.82. The quantitative estimate of drug-likeness (QED) is 0.519. The molecule has 0 N–H and O–H groups in total. The van der Waals surface area contributed by atoms with Crippen LogP contribution in [0.4, 0.5) is 0 Å². The molecule has 2 rings (SSSR count). The first-order chi connectivity index (χ1) is 7.42. The van der Waals surface area contributed by atoms with E-state index in [2.05, 4.69) is 53.4 Å². The molecule has 0 aliphatic heterocycles. The third-order valence-corrected chi connectivity index (χ3v) is 2.57. The largest absolute Gasteiger partial charge is 0.347 e. The number of benzene rings is 1. The lowest BCUT2D eigenvalue weighted by molar-refractivity contribution is 0.671. The normalized spacial score (nSPS) is 10.1. The summed E-state index contributed by atoms with van der Waals surface area (Å²) in [4.78, 5) is 0. The lowest BCUT2D eigenvalue weighted by Crippen LogP contribution is -1.94. The van der Waals surface area contributed by atoms with Crippen molar-refractivity contribution >= 4 is 10.9 Å². The van der Waals surface area contributed by atoms with Crippen LogP contribution in [-0.2, 0) is 6.54 Å². The van der Waals surface area contributed by atoms with Gasteiger partial charge in [-0.3, -0.25) is 0 Å². The minimum absolute atomic E-state index is 1.05. The topological polar surface area (TPSA) is 4.93 Å². The Morgan fingerprint density at radius 2 is 2.13 bits per heavy atom. The number of hydrogen-bond acceptors (Lipinski definition) is 0. The fourth-order valence-electron chi connectivity index (χ4n) is 1.80. The Hall–Kier alpha value is -1.72. The van der Waals surface area contributed by atoms with E-state index in [4.69, 9.17) is 0 Å². The number of hydrogen-bond donors (Lipinski definition) is 0. The number of aromatic nitrogens is 1. The molecule has 0 aliphatic carbocycles. The maximum absolute atomic E-state index is 3.56. The summed E-state index contributed by atoms with van der Waals surface area (Å²) in [6, 6.07) is 10.6. The Labute approximate surface area is 90.3 Å². The molecule has 0 atom stereocenters. The van der Waals surface area contributed by atoms with Gasteiger partial charge in [-0.05, 0) is 36.4 Å². The molecule has 1 aromatic heterocycles. The van der Waals surface area contributed by atoms with Crippen molar-refractivity contribution in [2.75, 3.05) is 0 Å². The Bertz CT molecular complexity index is 487. The highest BCUT2D eigenvalue weighted by molar-refractivity contribution is 5.79. The van der Waals surface area contributed by atoms with Gasteiger partial charge in [0.05, 0.1) is 0 Å². The zero-order chi connectivity index (χ0) is 10.5. The fraction of sp³-hybridized carbons (Fsp3) is 0.214. The van der Waals surface area contributed by atoms with Gasteiger partial charge in [-0.25, -0.2) is 0 Å². The van der Waals surface area contributed by atoms with Crippen LogP contribution in [0.3, 0.4) is 0 Å². The molecule has 0 spiro atoms. The zero-order valence-corrected chi connectivity index (χ0v) is 8.82. The highest BCUT2D eigenvalue weighted by atomic mass is 14.9. The third kappa shape index (κ3) is 2.20. The second-order valence-electron chi connectivity index (χ2n) is 3.62. The predicted molar refractivity (Wildman–Crippen MR) is 64.9 cm³/mol. The fourth-order valence-corrected chi connectivity index (χ4v) is 1.80. The summed E-state index contributed by atoms with van der Waals surface area (Å²) < 4.78 is 2.30. The number of nitrogens with zero attached hydrogens (tertiary/aromatic N) is 1. The van der Waals surface area contributed by atoms with Crippen LogP contribution in [0.15, 0.2) is 54.9 Å². The summed E-state index contributed by atoms with van der Waals surface area (Å²) in [5, 5.41) is 1.32. The van der Waals surface area contributed by atoms with Crippen LogP contribution in [-0.4, -0.2) is 4.57 Å². The molecule has 2 aromatic rings. The van der Waals surface area contributed by atoms with Crippen molar-refractivity contribution in [2.45, 2.75) is 19.4 Å². The number of fused-ring (bicyclic) bond motifs is 1. The molecule has 76 valence electrons. The Balaban J connectivity index is 2.11. The molecule has 0 saturated carbocycles. The first kappa shape index (κ1) is 9.82. The van der Waals surface area contributed by atoms with Crippen LogP contribution in [0.5, 0.6) is 0 Å². The summed E-state index contributed by atoms with van der Waals surface area (Å²) in [6.07, 6.45) is 6.34. The summed E-state index contributed by atoms with van der Waals surface area (Å²) in [6.45, 7) is 4.62. The maximum atomic E-state index is 3.56. The molecule has 15 heavy (non-hydrogen) atoms. The van der Waals surface area contributed by atoms with Gasteiger partial charge in [0.2, 0.25) is 0 Å². The van der Waals surface area contributed by atoms with E-state index in [0.717, 1.165) is 19.4 Å². The minimum atomic E-state index is 1.05. The monoisotopic (exact) mass is 197 g/mol. The molecule has 1 aromatic carbocycles. The van der Waals surface area contributed by atoms with Gasteiger partial charge in [0, 0.05) is 18.3 Å². The smallest absolute Gasteiger partial charge is 0.0480 e. The van der Waals surface area contributed by atoms with Crippen molar-refractivity contribution in [1.82, 2.24) is 4.57 Å². The molecule has 1 nitrogen and oxygen atoms in total. The van der Waals surface area contributed by atoms with Crippen molar-refractivity contribution in [3.63, 3.8) is 0 Å². The van der Waals surface area contributed by atoms with Crippen LogP contribution in [0.25, 0.3) is 10.9 Å². The molecule has 0 amide bonds. The Morgan fingerprint density at radius 3 is 3.00 bits per heavy atom. The minimum Gasteiger partial charge on any atom is -0.347 e. The lowest BCUT2D eigenvalue weighted by atomic mass is 10.2. The molecule has 0 bridgehead atoms.